The molecule has 33 heavy (non-hydrogen) atoms. The second kappa shape index (κ2) is 9.48. The molecule has 9 heteroatoms. The number of aliphatic hydroxyl groups excluding tert-OH is 1. The van der Waals surface area contributed by atoms with Gasteiger partial charge in [-0.05, 0) is 44.9 Å². The molecular weight excluding hydrogens is 424 g/mol. The maximum Gasteiger partial charge on any atom is 0.412 e. The smallest absolute Gasteiger partial charge is 0.412 e. The van der Waals surface area contributed by atoms with Gasteiger partial charge >= 0.3 is 6.09 Å². The molecule has 1 saturated carbocycles. The van der Waals surface area contributed by atoms with Crippen LogP contribution >= 0.6 is 0 Å². The van der Waals surface area contributed by atoms with Crippen molar-refractivity contribution in [3.63, 3.8) is 0 Å². The van der Waals surface area contributed by atoms with Crippen molar-refractivity contribution in [3.05, 3.63) is 12.3 Å². The maximum atomic E-state index is 13.6. The number of ether oxygens (including phenoxy) is 1. The van der Waals surface area contributed by atoms with E-state index in [0.29, 0.717) is 23.8 Å². The summed E-state index contributed by atoms with van der Waals surface area (Å²) < 4.78 is 5.56. The number of aromatic nitrogens is 1. The molecule has 2 saturated heterocycles. The molecule has 0 aromatic carbocycles. The predicted molar refractivity (Wildman–Crippen MR) is 123 cm³/mol. The van der Waals surface area contributed by atoms with Gasteiger partial charge in [-0.1, -0.05) is 5.92 Å². The standard InChI is InChI=1S/C24H32N4O5/c1-3-11-28(23(31)32)18-14-20(33-2)21(25-15-18)26-12-4-9-24(16-26)10-13-27(22(24)30)17-5-7-19(29)8-6-17/h1,14-15,17,19,29H,4-13,16H2,2H3,(H,31,32)/t17-,19-,24-/m0/s1. The molecule has 4 rings (SSSR count). The molecule has 1 atom stereocenters. The summed E-state index contributed by atoms with van der Waals surface area (Å²) in [6.45, 7) is 1.99. The number of terminal acetylenes is 1. The number of likely N-dealkylation sites (tertiary alicyclic amines) is 1. The van der Waals surface area contributed by atoms with E-state index in [0.717, 1.165) is 62.9 Å². The minimum absolute atomic E-state index is 0.0884. The Bertz CT molecular complexity index is 939. The van der Waals surface area contributed by atoms with E-state index in [9.17, 15) is 19.8 Å². The Kier molecular flexibility index (Phi) is 6.66. The summed E-state index contributed by atoms with van der Waals surface area (Å²) in [5.41, 5.74) is -0.0913. The van der Waals surface area contributed by atoms with Crippen LogP contribution in [0.5, 0.6) is 5.75 Å². The summed E-state index contributed by atoms with van der Waals surface area (Å²) in [4.78, 5) is 34.8. The Morgan fingerprint density at radius 3 is 2.76 bits per heavy atom. The van der Waals surface area contributed by atoms with Crippen molar-refractivity contribution in [3.8, 4) is 18.1 Å². The number of amides is 2. The number of pyridine rings is 1. The number of hydrogen-bond acceptors (Lipinski definition) is 6. The van der Waals surface area contributed by atoms with Gasteiger partial charge in [-0.25, -0.2) is 9.78 Å². The van der Waals surface area contributed by atoms with E-state index < -0.39 is 11.5 Å². The van der Waals surface area contributed by atoms with Crippen LogP contribution in [0.3, 0.4) is 0 Å². The van der Waals surface area contributed by atoms with Crippen LogP contribution in [0.2, 0.25) is 0 Å². The number of carboxylic acid groups (broad SMARTS) is 1. The van der Waals surface area contributed by atoms with Gasteiger partial charge < -0.3 is 24.7 Å². The highest BCUT2D eigenvalue weighted by atomic mass is 16.5. The van der Waals surface area contributed by atoms with Gasteiger partial charge in [-0.3, -0.25) is 9.69 Å². The Hall–Kier alpha value is -2.99. The highest BCUT2D eigenvalue weighted by Crippen LogP contribution is 2.44. The zero-order valence-corrected chi connectivity index (χ0v) is 19.1. The summed E-state index contributed by atoms with van der Waals surface area (Å²) in [7, 11) is 1.52. The van der Waals surface area contributed by atoms with Crippen LogP contribution in [0.4, 0.5) is 16.3 Å². The fourth-order valence-electron chi connectivity index (χ4n) is 5.58. The second-order valence-electron chi connectivity index (χ2n) is 9.31. The summed E-state index contributed by atoms with van der Waals surface area (Å²) in [5.74, 6) is 3.63. The molecule has 1 spiro atoms. The molecule has 2 N–H and O–H groups in total. The molecule has 0 radical (unpaired) electrons. The molecule has 3 heterocycles. The Morgan fingerprint density at radius 1 is 1.33 bits per heavy atom. The van der Waals surface area contributed by atoms with E-state index in [2.05, 4.69) is 15.8 Å². The van der Waals surface area contributed by atoms with Crippen molar-refractivity contribution in [2.24, 2.45) is 5.41 Å². The normalized spacial score (nSPS) is 27.5. The molecule has 3 fully saturated rings. The molecule has 1 aromatic heterocycles. The lowest BCUT2D eigenvalue weighted by Crippen LogP contribution is -2.50. The van der Waals surface area contributed by atoms with Gasteiger partial charge in [0, 0.05) is 31.7 Å². The molecule has 0 unspecified atom stereocenters. The van der Waals surface area contributed by atoms with Crippen molar-refractivity contribution < 1.29 is 24.5 Å². The van der Waals surface area contributed by atoms with Gasteiger partial charge in [0.05, 0.1) is 37.1 Å². The fraction of sp³-hybridized carbons (Fsp3) is 0.625. The number of nitrogens with zero attached hydrogens (tertiary/aromatic N) is 4. The maximum absolute atomic E-state index is 13.6. The van der Waals surface area contributed by atoms with Crippen LogP contribution in [0.15, 0.2) is 12.3 Å². The van der Waals surface area contributed by atoms with Crippen molar-refractivity contribution >= 4 is 23.5 Å². The van der Waals surface area contributed by atoms with Crippen LogP contribution in [0.1, 0.15) is 44.9 Å². The van der Waals surface area contributed by atoms with Crippen LogP contribution < -0.4 is 14.5 Å². The Labute approximate surface area is 194 Å². The van der Waals surface area contributed by atoms with Gasteiger partial charge in [-0.2, -0.15) is 0 Å². The summed E-state index contributed by atoms with van der Waals surface area (Å²) >= 11 is 0. The van der Waals surface area contributed by atoms with Crippen LogP contribution in [-0.2, 0) is 4.79 Å². The third-order valence-corrected chi connectivity index (χ3v) is 7.36. The number of piperidine rings is 1. The molecule has 9 nitrogen and oxygen atoms in total. The molecule has 1 aromatic rings. The van der Waals surface area contributed by atoms with Gasteiger partial charge in [0.25, 0.3) is 0 Å². The van der Waals surface area contributed by atoms with Crippen molar-refractivity contribution in [1.29, 1.82) is 0 Å². The third kappa shape index (κ3) is 4.44. The van der Waals surface area contributed by atoms with E-state index in [1.165, 1.54) is 13.3 Å². The first-order chi connectivity index (χ1) is 15.9. The van der Waals surface area contributed by atoms with Gasteiger partial charge in [0.15, 0.2) is 11.6 Å². The number of anilines is 2. The van der Waals surface area contributed by atoms with Crippen LogP contribution in [0, 0.1) is 17.8 Å². The molecule has 2 aliphatic heterocycles. The second-order valence-corrected chi connectivity index (χ2v) is 9.31. The quantitative estimate of drug-likeness (QED) is 0.655. The zero-order valence-electron chi connectivity index (χ0n) is 19.1. The topological polar surface area (TPSA) is 106 Å². The van der Waals surface area contributed by atoms with Crippen LogP contribution in [-0.4, -0.2) is 77.5 Å². The molecule has 3 aliphatic rings. The van der Waals surface area contributed by atoms with E-state index >= 15 is 0 Å². The van der Waals surface area contributed by atoms with E-state index in [4.69, 9.17) is 11.2 Å². The molecule has 0 bridgehead atoms. The molecular formula is C24H32N4O5. The van der Waals surface area contributed by atoms with Crippen molar-refractivity contribution in [1.82, 2.24) is 9.88 Å². The largest absolute Gasteiger partial charge is 0.493 e. The average Bonchev–Trinajstić information content (AvgIpc) is 3.12. The van der Waals surface area contributed by atoms with E-state index in [1.54, 1.807) is 6.07 Å². The number of methoxy groups -OCH3 is 1. The highest BCUT2D eigenvalue weighted by molar-refractivity contribution is 5.88. The van der Waals surface area contributed by atoms with E-state index in [-0.39, 0.29) is 24.6 Å². The van der Waals surface area contributed by atoms with Crippen LogP contribution in [0.25, 0.3) is 0 Å². The minimum Gasteiger partial charge on any atom is -0.493 e. The molecule has 2 amide bonds. The lowest BCUT2D eigenvalue weighted by atomic mass is 9.78. The first-order valence-electron chi connectivity index (χ1n) is 11.6. The summed E-state index contributed by atoms with van der Waals surface area (Å²) in [6.07, 6.45) is 11.2. The molecule has 1 aliphatic carbocycles. The average molecular weight is 457 g/mol. The monoisotopic (exact) mass is 456 g/mol. The summed E-state index contributed by atoms with van der Waals surface area (Å²) in [5, 5.41) is 19.3. The first kappa shape index (κ1) is 23.2. The number of carbonyl (C=O) groups excluding carboxylic acids is 1. The van der Waals surface area contributed by atoms with Gasteiger partial charge in [-0.15, -0.1) is 6.42 Å². The Balaban J connectivity index is 1.53. The van der Waals surface area contributed by atoms with Gasteiger partial charge in [0.1, 0.15) is 0 Å². The SMILES string of the molecule is C#CCN(C(=O)O)c1cnc(N2CCC[C@]3(CCN([C@H]4CC[C@H](O)CC4)C3=O)C2)c(OC)c1. The number of hydrogen-bond donors (Lipinski definition) is 2. The lowest BCUT2D eigenvalue weighted by molar-refractivity contribution is -0.139. The highest BCUT2D eigenvalue weighted by Gasteiger charge is 2.51. The van der Waals surface area contributed by atoms with Crippen molar-refractivity contribution in [2.75, 3.05) is 43.1 Å². The van der Waals surface area contributed by atoms with Crippen molar-refractivity contribution in [2.45, 2.75) is 57.1 Å². The number of aliphatic hydroxyl groups is 1. The van der Waals surface area contributed by atoms with Gasteiger partial charge in [0.2, 0.25) is 5.91 Å². The zero-order chi connectivity index (χ0) is 23.6. The predicted octanol–water partition coefficient (Wildman–Crippen LogP) is 2.33. The third-order valence-electron chi connectivity index (χ3n) is 7.36. The Morgan fingerprint density at radius 2 is 2.09 bits per heavy atom. The first-order valence-corrected chi connectivity index (χ1v) is 11.6. The van der Waals surface area contributed by atoms with E-state index in [1.807, 2.05) is 4.90 Å². The fourth-order valence-corrected chi connectivity index (χ4v) is 5.58. The lowest BCUT2D eigenvalue weighted by Gasteiger charge is -2.41. The number of carbonyl (C=O) groups is 2. The minimum atomic E-state index is -1.16. The summed E-state index contributed by atoms with van der Waals surface area (Å²) in [6, 6.07) is 1.85. The number of rotatable bonds is 5. The molecule has 178 valence electrons.